The van der Waals surface area contributed by atoms with Gasteiger partial charge in [0.25, 0.3) is 11.2 Å². The predicted octanol–water partition coefficient (Wildman–Crippen LogP) is -0.0940. The van der Waals surface area contributed by atoms with Gasteiger partial charge in [-0.3, -0.25) is 19.1 Å². The Bertz CT molecular complexity index is 820. The molecule has 1 unspecified atom stereocenters. The smallest absolute Gasteiger partial charge is 0.331 e. The molecule has 9 heteroatoms. The highest BCUT2D eigenvalue weighted by molar-refractivity contribution is 8.00. The van der Waals surface area contributed by atoms with E-state index in [2.05, 4.69) is 9.97 Å². The third kappa shape index (κ3) is 2.80. The van der Waals surface area contributed by atoms with Crippen LogP contribution in [0.25, 0.3) is 11.2 Å². The minimum absolute atomic E-state index is 0.318. The van der Waals surface area contributed by atoms with Gasteiger partial charge in [0.15, 0.2) is 0 Å². The van der Waals surface area contributed by atoms with Crippen LogP contribution in [0, 0.1) is 0 Å². The maximum absolute atomic E-state index is 12.1. The van der Waals surface area contributed by atoms with E-state index in [0.717, 1.165) is 0 Å². The van der Waals surface area contributed by atoms with E-state index in [1.54, 1.807) is 25.5 Å². The zero-order valence-electron chi connectivity index (χ0n) is 12.9. The van der Waals surface area contributed by atoms with Crippen LogP contribution in [0.15, 0.2) is 14.7 Å². The molecule has 1 atom stereocenters. The molecule has 2 aromatic heterocycles. The summed E-state index contributed by atoms with van der Waals surface area (Å²) in [5.74, 6) is -0.323. The average molecular weight is 327 g/mol. The lowest BCUT2D eigenvalue weighted by Crippen LogP contribution is -2.40. The molecule has 2 aromatic rings. The maximum atomic E-state index is 12.1. The number of rotatable bonds is 5. The highest BCUT2D eigenvalue weighted by Crippen LogP contribution is 2.21. The van der Waals surface area contributed by atoms with Gasteiger partial charge in [0, 0.05) is 7.05 Å². The Morgan fingerprint density at radius 1 is 1.36 bits per heavy atom. The molecule has 0 radical (unpaired) electrons. The van der Waals surface area contributed by atoms with Gasteiger partial charge in [0.05, 0.1) is 13.2 Å². The predicted molar refractivity (Wildman–Crippen MR) is 82.0 cm³/mol. The molecule has 8 nitrogen and oxygen atoms in total. The molecule has 0 saturated heterocycles. The molecule has 0 saturated carbocycles. The van der Waals surface area contributed by atoms with Crippen LogP contribution in [0.2, 0.25) is 0 Å². The van der Waals surface area contributed by atoms with Crippen molar-refractivity contribution >= 4 is 28.9 Å². The van der Waals surface area contributed by atoms with Crippen molar-refractivity contribution in [2.24, 2.45) is 7.05 Å². The third-order valence-corrected chi connectivity index (χ3v) is 4.36. The number of ether oxygens (including phenoxy) is 1. The van der Waals surface area contributed by atoms with Crippen LogP contribution in [-0.4, -0.2) is 32.4 Å². The summed E-state index contributed by atoms with van der Waals surface area (Å²) in [5.41, 5.74) is -0.138. The van der Waals surface area contributed by atoms with E-state index in [1.807, 2.05) is 6.92 Å². The van der Waals surface area contributed by atoms with Gasteiger partial charge in [-0.2, -0.15) is 0 Å². The molecule has 0 amide bonds. The quantitative estimate of drug-likeness (QED) is 0.454. The number of aromatic amines is 2. The zero-order valence-corrected chi connectivity index (χ0v) is 13.7. The van der Waals surface area contributed by atoms with Crippen molar-refractivity contribution in [2.75, 3.05) is 6.61 Å². The van der Waals surface area contributed by atoms with Crippen LogP contribution in [-0.2, 0) is 23.1 Å². The summed E-state index contributed by atoms with van der Waals surface area (Å²) in [6.45, 7) is 6.21. The summed E-state index contributed by atoms with van der Waals surface area (Å²) in [6, 6.07) is 0. The van der Waals surface area contributed by atoms with Crippen molar-refractivity contribution in [2.45, 2.75) is 37.7 Å². The maximum Gasteiger partial charge on any atom is 0.331 e. The van der Waals surface area contributed by atoms with Gasteiger partial charge < -0.3 is 4.74 Å². The molecular formula is C13H19N4O4S+. The summed E-state index contributed by atoms with van der Waals surface area (Å²) in [4.78, 5) is 40.8. The number of nitrogens with zero attached hydrogens (tertiary/aromatic N) is 2. The molecule has 0 aliphatic heterocycles. The SMILES string of the molecule is CCOC(=O)C(C)Sc1[nH]c2c(c(=O)[nH]c(=O)n2C)[n+]1CC. The Balaban J connectivity index is 2.54. The molecule has 0 fully saturated rings. The number of aromatic nitrogens is 4. The fourth-order valence-electron chi connectivity index (χ4n) is 2.14. The van der Waals surface area contributed by atoms with Crippen molar-refractivity contribution in [1.29, 1.82) is 0 Å². The first-order valence-electron chi connectivity index (χ1n) is 6.98. The second kappa shape index (κ2) is 6.39. The average Bonchev–Trinajstić information content (AvgIpc) is 2.84. The molecule has 0 aliphatic carbocycles. The van der Waals surface area contributed by atoms with E-state index < -0.39 is 16.5 Å². The number of nitrogens with one attached hydrogen (secondary N) is 2. The largest absolute Gasteiger partial charge is 0.465 e. The fourth-order valence-corrected chi connectivity index (χ4v) is 3.14. The second-order valence-electron chi connectivity index (χ2n) is 4.70. The normalized spacial score (nSPS) is 12.5. The van der Waals surface area contributed by atoms with E-state index in [-0.39, 0.29) is 5.97 Å². The molecule has 2 rings (SSSR count). The van der Waals surface area contributed by atoms with E-state index in [0.29, 0.717) is 29.5 Å². The molecule has 2 heterocycles. The highest BCUT2D eigenvalue weighted by Gasteiger charge is 2.27. The number of imidazole rings is 1. The minimum Gasteiger partial charge on any atom is -0.465 e. The van der Waals surface area contributed by atoms with E-state index in [9.17, 15) is 14.4 Å². The molecule has 0 spiro atoms. The second-order valence-corrected chi connectivity index (χ2v) is 6.03. The molecular weight excluding hydrogens is 308 g/mol. The first-order chi connectivity index (χ1) is 10.4. The van der Waals surface area contributed by atoms with Crippen molar-refractivity contribution in [3.8, 4) is 0 Å². The number of aryl methyl sites for hydroxylation is 2. The Morgan fingerprint density at radius 3 is 2.64 bits per heavy atom. The van der Waals surface area contributed by atoms with E-state index >= 15 is 0 Å². The van der Waals surface area contributed by atoms with E-state index in [4.69, 9.17) is 4.74 Å². The number of carbonyl (C=O) groups excluding carboxylic acids is 1. The molecule has 120 valence electrons. The Labute approximate surface area is 130 Å². The minimum atomic E-state index is -0.489. The van der Waals surface area contributed by atoms with E-state index in [1.165, 1.54) is 16.3 Å². The Kier molecular flexibility index (Phi) is 4.74. The lowest BCUT2D eigenvalue weighted by Gasteiger charge is -2.07. The summed E-state index contributed by atoms with van der Waals surface area (Å²) in [5, 5.41) is 0.201. The molecule has 0 aromatic carbocycles. The molecule has 2 N–H and O–H groups in total. The number of hydrogen-bond acceptors (Lipinski definition) is 5. The number of esters is 1. The summed E-state index contributed by atoms with van der Waals surface area (Å²) >= 11 is 1.26. The fraction of sp³-hybridized carbons (Fsp3) is 0.538. The lowest BCUT2D eigenvalue weighted by atomic mass is 10.5. The molecule has 0 bridgehead atoms. The first kappa shape index (κ1) is 16.3. The van der Waals surface area contributed by atoms with Crippen LogP contribution in [0.4, 0.5) is 0 Å². The van der Waals surface area contributed by atoms with Gasteiger partial charge >= 0.3 is 22.4 Å². The van der Waals surface area contributed by atoms with Gasteiger partial charge in [-0.25, -0.2) is 14.3 Å². The lowest BCUT2D eigenvalue weighted by molar-refractivity contribution is -0.705. The Hall–Kier alpha value is -2.03. The monoisotopic (exact) mass is 327 g/mol. The van der Waals surface area contributed by atoms with Crippen LogP contribution >= 0.6 is 11.8 Å². The number of H-pyrrole nitrogens is 2. The van der Waals surface area contributed by atoms with Crippen molar-refractivity contribution < 1.29 is 14.1 Å². The number of hydrogen-bond donors (Lipinski definition) is 2. The molecule has 0 aliphatic rings. The summed E-state index contributed by atoms with van der Waals surface area (Å²) < 4.78 is 8.06. The topological polar surface area (TPSA) is 101 Å². The van der Waals surface area contributed by atoms with Crippen LogP contribution in [0.1, 0.15) is 20.8 Å². The Morgan fingerprint density at radius 2 is 2.05 bits per heavy atom. The van der Waals surface area contributed by atoms with Crippen LogP contribution < -0.4 is 15.8 Å². The number of fused-ring (bicyclic) bond motifs is 1. The van der Waals surface area contributed by atoms with Crippen molar-refractivity contribution in [3.05, 3.63) is 20.8 Å². The van der Waals surface area contributed by atoms with Gasteiger partial charge in [-0.1, -0.05) is 0 Å². The van der Waals surface area contributed by atoms with Gasteiger partial charge in [-0.05, 0) is 32.5 Å². The standard InChI is InChI=1S/C13H18N4O4S/c1-5-17-8-9(16(4)12(20)15-10(8)18)14-13(17)22-7(3)11(19)21-6-2/h7H,5-6H2,1-4H3,(H,15,18,20)/p+1. The van der Waals surface area contributed by atoms with Crippen LogP contribution in [0.3, 0.4) is 0 Å². The first-order valence-corrected chi connectivity index (χ1v) is 7.86. The zero-order chi connectivity index (χ0) is 16.4. The molecule has 22 heavy (non-hydrogen) atoms. The number of carbonyl (C=O) groups is 1. The number of thioether (sulfide) groups is 1. The van der Waals surface area contributed by atoms with Crippen LogP contribution in [0.5, 0.6) is 0 Å². The van der Waals surface area contributed by atoms with Crippen molar-refractivity contribution in [3.63, 3.8) is 0 Å². The third-order valence-electron chi connectivity index (χ3n) is 3.26. The highest BCUT2D eigenvalue weighted by atomic mass is 32.2. The van der Waals surface area contributed by atoms with Gasteiger partial charge in [-0.15, -0.1) is 0 Å². The summed E-state index contributed by atoms with van der Waals surface area (Å²) in [7, 11) is 1.57. The van der Waals surface area contributed by atoms with Gasteiger partial charge in [0.2, 0.25) is 0 Å². The van der Waals surface area contributed by atoms with Gasteiger partial charge in [0.1, 0.15) is 5.25 Å². The summed E-state index contributed by atoms with van der Waals surface area (Å²) in [6.07, 6.45) is 0. The van der Waals surface area contributed by atoms with Crippen molar-refractivity contribution in [1.82, 2.24) is 14.5 Å².